The quantitative estimate of drug-likeness (QED) is 0.844. The zero-order valence-corrected chi connectivity index (χ0v) is 14.8. The molecule has 0 aromatic carbocycles. The number of aryl methyl sites for hydroxylation is 1. The Morgan fingerprint density at radius 1 is 1.25 bits per heavy atom. The number of nitrogens with one attached hydrogen (secondary N) is 1. The van der Waals surface area contributed by atoms with E-state index in [0.29, 0.717) is 12.4 Å². The van der Waals surface area contributed by atoms with Crippen molar-refractivity contribution < 1.29 is 4.74 Å². The number of morpholine rings is 1. The van der Waals surface area contributed by atoms with Crippen molar-refractivity contribution in [3.63, 3.8) is 0 Å². The molecule has 24 heavy (non-hydrogen) atoms. The van der Waals surface area contributed by atoms with Crippen molar-refractivity contribution in [2.75, 3.05) is 58.3 Å². The Bertz CT molecular complexity index is 589. The fourth-order valence-electron chi connectivity index (χ4n) is 3.74. The van der Waals surface area contributed by atoms with E-state index in [1.165, 1.54) is 0 Å². The third-order valence-electron chi connectivity index (χ3n) is 5.44. The van der Waals surface area contributed by atoms with Gasteiger partial charge in [-0.2, -0.15) is 0 Å². The van der Waals surface area contributed by atoms with E-state index in [1.807, 2.05) is 6.92 Å². The van der Waals surface area contributed by atoms with Gasteiger partial charge in [0.05, 0.1) is 13.2 Å². The number of hydrogen-bond acceptors (Lipinski definition) is 6. The lowest BCUT2D eigenvalue weighted by Crippen LogP contribution is -2.61. The van der Waals surface area contributed by atoms with Crippen LogP contribution in [0.4, 0.5) is 5.82 Å². The van der Waals surface area contributed by atoms with Gasteiger partial charge in [0.25, 0.3) is 5.56 Å². The van der Waals surface area contributed by atoms with Gasteiger partial charge < -0.3 is 19.5 Å². The van der Waals surface area contributed by atoms with Crippen molar-refractivity contribution >= 4 is 5.82 Å². The molecule has 0 unspecified atom stereocenters. The molecule has 1 aromatic rings. The average Bonchev–Trinajstić information content (AvgIpc) is 2.63. The van der Waals surface area contributed by atoms with E-state index in [2.05, 4.69) is 27.1 Å². The summed E-state index contributed by atoms with van der Waals surface area (Å²) in [5.74, 6) is 0.464. The van der Waals surface area contributed by atoms with Crippen molar-refractivity contribution in [3.8, 4) is 0 Å². The van der Waals surface area contributed by atoms with E-state index < -0.39 is 0 Å². The monoisotopic (exact) mass is 335 g/mol. The molecule has 3 rings (SSSR count). The van der Waals surface area contributed by atoms with Gasteiger partial charge in [0.1, 0.15) is 0 Å². The molecule has 7 nitrogen and oxygen atoms in total. The van der Waals surface area contributed by atoms with Crippen LogP contribution in [0.3, 0.4) is 0 Å². The zero-order chi connectivity index (χ0) is 17.0. The minimum atomic E-state index is -0.0370. The summed E-state index contributed by atoms with van der Waals surface area (Å²) in [7, 11) is 2.18. The summed E-state index contributed by atoms with van der Waals surface area (Å²) in [6.07, 6.45) is 5.64. The first kappa shape index (κ1) is 17.4. The Labute approximate surface area is 143 Å². The minimum absolute atomic E-state index is 0.0370. The fraction of sp³-hybridized carbons (Fsp3) is 0.765. The average molecular weight is 335 g/mol. The molecule has 0 spiro atoms. The lowest BCUT2D eigenvalue weighted by molar-refractivity contribution is -0.0396. The molecule has 0 amide bonds. The number of ether oxygens (including phenoxy) is 1. The molecule has 1 N–H and O–H groups in total. The zero-order valence-electron chi connectivity index (χ0n) is 14.8. The van der Waals surface area contributed by atoms with Gasteiger partial charge in [-0.1, -0.05) is 0 Å². The van der Waals surface area contributed by atoms with Gasteiger partial charge >= 0.3 is 0 Å². The molecular formula is C17H29N5O2. The molecule has 3 heterocycles. The SMILES string of the molecule is CCn1ccnc(NCC2(N3CCOCC3)CCN(C)CC2)c1=O. The van der Waals surface area contributed by atoms with E-state index in [9.17, 15) is 4.79 Å². The Morgan fingerprint density at radius 2 is 1.96 bits per heavy atom. The van der Waals surface area contributed by atoms with E-state index in [1.54, 1.807) is 17.0 Å². The smallest absolute Gasteiger partial charge is 0.293 e. The molecule has 0 saturated carbocycles. The highest BCUT2D eigenvalue weighted by molar-refractivity contribution is 5.32. The van der Waals surface area contributed by atoms with Gasteiger partial charge in [0.2, 0.25) is 0 Å². The minimum Gasteiger partial charge on any atom is -0.379 e. The highest BCUT2D eigenvalue weighted by Crippen LogP contribution is 2.29. The third-order valence-corrected chi connectivity index (χ3v) is 5.44. The Balaban J connectivity index is 1.76. The van der Waals surface area contributed by atoms with E-state index in [4.69, 9.17) is 4.74 Å². The Hall–Kier alpha value is -1.44. The van der Waals surface area contributed by atoms with Crippen LogP contribution in [0.5, 0.6) is 0 Å². The second-order valence-corrected chi connectivity index (χ2v) is 6.85. The summed E-state index contributed by atoms with van der Waals surface area (Å²) < 4.78 is 7.22. The van der Waals surface area contributed by atoms with Crippen molar-refractivity contribution in [2.45, 2.75) is 31.8 Å². The maximum absolute atomic E-state index is 12.4. The molecule has 2 aliphatic heterocycles. The highest BCUT2D eigenvalue weighted by Gasteiger charge is 2.39. The van der Waals surface area contributed by atoms with Crippen LogP contribution in [0.15, 0.2) is 17.2 Å². The summed E-state index contributed by atoms with van der Waals surface area (Å²) in [6.45, 7) is 9.08. The lowest BCUT2D eigenvalue weighted by Gasteiger charge is -2.49. The second kappa shape index (κ2) is 7.63. The van der Waals surface area contributed by atoms with Crippen LogP contribution in [0, 0.1) is 0 Å². The summed E-state index contributed by atoms with van der Waals surface area (Å²) in [6, 6.07) is 0. The van der Waals surface area contributed by atoms with Crippen molar-refractivity contribution in [1.29, 1.82) is 0 Å². The molecule has 0 atom stereocenters. The van der Waals surface area contributed by atoms with Crippen molar-refractivity contribution in [3.05, 3.63) is 22.7 Å². The van der Waals surface area contributed by atoms with Crippen LogP contribution >= 0.6 is 0 Å². The number of aromatic nitrogens is 2. The van der Waals surface area contributed by atoms with E-state index >= 15 is 0 Å². The molecule has 2 saturated heterocycles. The predicted molar refractivity (Wildman–Crippen MR) is 94.5 cm³/mol. The molecule has 2 fully saturated rings. The molecular weight excluding hydrogens is 306 g/mol. The van der Waals surface area contributed by atoms with Crippen LogP contribution < -0.4 is 10.9 Å². The van der Waals surface area contributed by atoms with Crippen LogP contribution in [-0.4, -0.2) is 77.9 Å². The molecule has 0 aliphatic carbocycles. The Kier molecular flexibility index (Phi) is 5.53. The van der Waals surface area contributed by atoms with Crippen LogP contribution in [-0.2, 0) is 11.3 Å². The first-order valence-electron chi connectivity index (χ1n) is 8.95. The largest absolute Gasteiger partial charge is 0.379 e. The van der Waals surface area contributed by atoms with Crippen LogP contribution in [0.25, 0.3) is 0 Å². The van der Waals surface area contributed by atoms with E-state index in [-0.39, 0.29) is 11.1 Å². The molecule has 0 bridgehead atoms. The Morgan fingerprint density at radius 3 is 2.62 bits per heavy atom. The second-order valence-electron chi connectivity index (χ2n) is 6.85. The first-order valence-corrected chi connectivity index (χ1v) is 8.95. The topological polar surface area (TPSA) is 62.6 Å². The maximum atomic E-state index is 12.4. The third kappa shape index (κ3) is 3.63. The number of rotatable bonds is 5. The molecule has 7 heteroatoms. The van der Waals surface area contributed by atoms with Gasteiger partial charge in [-0.3, -0.25) is 9.69 Å². The number of nitrogens with zero attached hydrogens (tertiary/aromatic N) is 4. The molecule has 1 aromatic heterocycles. The van der Waals surface area contributed by atoms with E-state index in [0.717, 1.165) is 58.8 Å². The van der Waals surface area contributed by atoms with Gasteiger partial charge in [-0.25, -0.2) is 4.98 Å². The van der Waals surface area contributed by atoms with Crippen molar-refractivity contribution in [2.24, 2.45) is 0 Å². The van der Waals surface area contributed by atoms with Gasteiger partial charge in [-0.05, 0) is 39.9 Å². The van der Waals surface area contributed by atoms with Gasteiger partial charge in [0, 0.05) is 44.1 Å². The fourth-order valence-corrected chi connectivity index (χ4v) is 3.74. The lowest BCUT2D eigenvalue weighted by atomic mass is 9.85. The predicted octanol–water partition coefficient (Wildman–Crippen LogP) is 0.472. The maximum Gasteiger partial charge on any atom is 0.293 e. The van der Waals surface area contributed by atoms with Crippen LogP contribution in [0.2, 0.25) is 0 Å². The molecule has 0 radical (unpaired) electrons. The standard InChI is InChI=1S/C17H29N5O2/c1-3-21-9-6-18-15(16(21)23)19-14-17(4-7-20(2)8-5-17)22-10-12-24-13-11-22/h6,9H,3-5,7-8,10-14H2,1-2H3,(H,18,19). The number of likely N-dealkylation sites (tertiary alicyclic amines) is 1. The van der Waals surface area contributed by atoms with Gasteiger partial charge in [0.15, 0.2) is 5.82 Å². The number of piperidine rings is 1. The van der Waals surface area contributed by atoms with Crippen LogP contribution in [0.1, 0.15) is 19.8 Å². The molecule has 2 aliphatic rings. The summed E-state index contributed by atoms with van der Waals surface area (Å²) in [5.41, 5.74) is 0.0437. The summed E-state index contributed by atoms with van der Waals surface area (Å²) in [5, 5.41) is 3.36. The normalized spacial score (nSPS) is 22.4. The first-order chi connectivity index (χ1) is 11.6. The number of hydrogen-bond donors (Lipinski definition) is 1. The van der Waals surface area contributed by atoms with Crippen molar-refractivity contribution in [1.82, 2.24) is 19.4 Å². The summed E-state index contributed by atoms with van der Waals surface area (Å²) >= 11 is 0. The highest BCUT2D eigenvalue weighted by atomic mass is 16.5. The number of anilines is 1. The summed E-state index contributed by atoms with van der Waals surface area (Å²) in [4.78, 5) is 21.6. The molecule has 134 valence electrons. The van der Waals surface area contributed by atoms with Gasteiger partial charge in [-0.15, -0.1) is 0 Å².